The van der Waals surface area contributed by atoms with Crippen LogP contribution in [0.5, 0.6) is 0 Å². The number of carbonyl (C=O) groups is 2. The molecule has 39 heavy (non-hydrogen) atoms. The average Bonchev–Trinajstić information content (AvgIpc) is 3.43. The number of fused-ring (bicyclic) bond motifs is 3. The second-order valence-electron chi connectivity index (χ2n) is 11.3. The lowest BCUT2D eigenvalue weighted by Gasteiger charge is -2.41. The number of H-pyrrole nitrogens is 1. The molecule has 9 nitrogen and oxygen atoms in total. The Balaban J connectivity index is 1.41. The van der Waals surface area contributed by atoms with Crippen molar-refractivity contribution in [3.63, 3.8) is 0 Å². The largest absolute Gasteiger partial charge is 0.361 e. The van der Waals surface area contributed by atoms with E-state index in [4.69, 9.17) is 5.73 Å². The fourth-order valence-electron chi connectivity index (χ4n) is 5.84. The summed E-state index contributed by atoms with van der Waals surface area (Å²) in [6.45, 7) is 4.38. The summed E-state index contributed by atoms with van der Waals surface area (Å²) < 4.78 is 40.7. The SMILES string of the molecule is CC(C)(N)C(=O)NC[C@H](C(=O)N1CCC2(CC1)CN(S(C)(=O)=O)c1ccccc12)c1c[nH]c2ccc(F)cc12. The Morgan fingerprint density at radius 1 is 1.18 bits per heavy atom. The summed E-state index contributed by atoms with van der Waals surface area (Å²) in [6.07, 6.45) is 4.10. The van der Waals surface area contributed by atoms with Gasteiger partial charge in [0.1, 0.15) is 5.82 Å². The van der Waals surface area contributed by atoms with E-state index in [1.165, 1.54) is 22.7 Å². The van der Waals surface area contributed by atoms with Crippen molar-refractivity contribution in [2.45, 2.75) is 43.6 Å². The number of para-hydroxylation sites is 1. The first-order valence-corrected chi connectivity index (χ1v) is 14.8. The molecule has 5 rings (SSSR count). The summed E-state index contributed by atoms with van der Waals surface area (Å²) in [5.41, 5.74) is 7.42. The molecule has 3 heterocycles. The molecule has 0 saturated carbocycles. The first-order valence-electron chi connectivity index (χ1n) is 13.0. The number of likely N-dealkylation sites (tertiary alicyclic amines) is 1. The van der Waals surface area contributed by atoms with E-state index >= 15 is 0 Å². The second kappa shape index (κ2) is 9.63. The van der Waals surface area contributed by atoms with Gasteiger partial charge in [0.25, 0.3) is 0 Å². The lowest BCUT2D eigenvalue weighted by atomic mass is 9.74. The van der Waals surface area contributed by atoms with E-state index in [2.05, 4.69) is 10.3 Å². The molecular weight excluding hydrogens is 521 g/mol. The highest BCUT2D eigenvalue weighted by atomic mass is 32.2. The third kappa shape index (κ3) is 5.00. The highest BCUT2D eigenvalue weighted by Crippen LogP contribution is 2.48. The zero-order valence-electron chi connectivity index (χ0n) is 22.3. The van der Waals surface area contributed by atoms with Crippen molar-refractivity contribution in [2.24, 2.45) is 5.73 Å². The summed E-state index contributed by atoms with van der Waals surface area (Å²) in [5, 5.41) is 3.38. The van der Waals surface area contributed by atoms with Gasteiger partial charge in [0, 0.05) is 48.7 Å². The first kappa shape index (κ1) is 27.1. The molecule has 0 aliphatic carbocycles. The van der Waals surface area contributed by atoms with Gasteiger partial charge in [-0.2, -0.15) is 0 Å². The average molecular weight is 556 g/mol. The number of hydrogen-bond donors (Lipinski definition) is 3. The number of piperidine rings is 1. The van der Waals surface area contributed by atoms with Crippen LogP contribution in [0.4, 0.5) is 10.1 Å². The summed E-state index contributed by atoms with van der Waals surface area (Å²) >= 11 is 0. The van der Waals surface area contributed by atoms with Gasteiger partial charge >= 0.3 is 0 Å². The van der Waals surface area contributed by atoms with Gasteiger partial charge in [0.15, 0.2) is 0 Å². The van der Waals surface area contributed by atoms with E-state index in [0.717, 1.165) is 5.56 Å². The topological polar surface area (TPSA) is 129 Å². The normalized spacial score (nSPS) is 17.9. The quantitative estimate of drug-likeness (QED) is 0.431. The van der Waals surface area contributed by atoms with Crippen molar-refractivity contribution < 1.29 is 22.4 Å². The van der Waals surface area contributed by atoms with Gasteiger partial charge in [-0.05, 0) is 62.1 Å². The monoisotopic (exact) mass is 555 g/mol. The van der Waals surface area contributed by atoms with Gasteiger partial charge in [0.05, 0.1) is 23.4 Å². The zero-order chi connectivity index (χ0) is 28.2. The highest BCUT2D eigenvalue weighted by molar-refractivity contribution is 7.92. The van der Waals surface area contributed by atoms with Crippen LogP contribution in [0.2, 0.25) is 0 Å². The summed E-state index contributed by atoms with van der Waals surface area (Å²) in [7, 11) is -3.45. The lowest BCUT2D eigenvalue weighted by molar-refractivity contribution is -0.134. The summed E-state index contributed by atoms with van der Waals surface area (Å²) in [6, 6.07) is 11.9. The maximum Gasteiger partial charge on any atom is 0.239 e. The number of hydrogen-bond acceptors (Lipinski definition) is 5. The molecule has 11 heteroatoms. The molecule has 1 aromatic heterocycles. The van der Waals surface area contributed by atoms with Crippen LogP contribution in [0, 0.1) is 5.82 Å². The van der Waals surface area contributed by atoms with Gasteiger partial charge in [-0.25, -0.2) is 12.8 Å². The van der Waals surface area contributed by atoms with E-state index in [-0.39, 0.29) is 17.9 Å². The number of amides is 2. The molecule has 4 N–H and O–H groups in total. The minimum absolute atomic E-state index is 0.00803. The molecule has 2 aliphatic rings. The third-order valence-corrected chi connectivity index (χ3v) is 9.15. The number of halogens is 1. The molecule has 2 aliphatic heterocycles. The summed E-state index contributed by atoms with van der Waals surface area (Å²) in [4.78, 5) is 31.4. The lowest BCUT2D eigenvalue weighted by Crippen LogP contribution is -2.52. The number of nitrogens with zero attached hydrogens (tertiary/aromatic N) is 2. The second-order valence-corrected chi connectivity index (χ2v) is 13.2. The smallest absolute Gasteiger partial charge is 0.239 e. The van der Waals surface area contributed by atoms with E-state index < -0.39 is 33.2 Å². The van der Waals surface area contributed by atoms with Crippen molar-refractivity contribution in [3.8, 4) is 0 Å². The van der Waals surface area contributed by atoms with Crippen LogP contribution in [-0.4, -0.2) is 68.1 Å². The number of aromatic amines is 1. The van der Waals surface area contributed by atoms with E-state index in [1.807, 2.05) is 24.3 Å². The molecule has 1 spiro atoms. The van der Waals surface area contributed by atoms with Gasteiger partial charge in [0.2, 0.25) is 21.8 Å². The van der Waals surface area contributed by atoms with Crippen molar-refractivity contribution in [2.75, 3.05) is 36.7 Å². The Hall–Kier alpha value is -3.44. The molecule has 0 unspecified atom stereocenters. The van der Waals surface area contributed by atoms with Crippen LogP contribution >= 0.6 is 0 Å². The summed E-state index contributed by atoms with van der Waals surface area (Å²) in [5.74, 6) is -1.76. The maximum atomic E-state index is 14.1. The van der Waals surface area contributed by atoms with Gasteiger partial charge in [-0.1, -0.05) is 18.2 Å². The van der Waals surface area contributed by atoms with Crippen molar-refractivity contribution in [3.05, 3.63) is 65.6 Å². The number of aromatic nitrogens is 1. The Labute approximate surface area is 227 Å². The van der Waals surface area contributed by atoms with Crippen molar-refractivity contribution in [1.82, 2.24) is 15.2 Å². The Morgan fingerprint density at radius 3 is 2.54 bits per heavy atom. The molecule has 0 radical (unpaired) electrons. The van der Waals surface area contributed by atoms with Crippen LogP contribution in [0.15, 0.2) is 48.7 Å². The molecular formula is C28H34FN5O4S. The van der Waals surface area contributed by atoms with E-state index in [0.29, 0.717) is 54.6 Å². The minimum Gasteiger partial charge on any atom is -0.361 e. The van der Waals surface area contributed by atoms with E-state index in [9.17, 15) is 22.4 Å². The van der Waals surface area contributed by atoms with Gasteiger partial charge in [-0.15, -0.1) is 0 Å². The fraction of sp³-hybridized carbons (Fsp3) is 0.429. The third-order valence-electron chi connectivity index (χ3n) is 8.02. The Kier molecular flexibility index (Phi) is 6.70. The number of sulfonamides is 1. The van der Waals surface area contributed by atoms with Crippen LogP contribution in [0.3, 0.4) is 0 Å². The standard InChI is InChI=1S/C28H34FN5O4S/c1-27(2,30)26(36)32-16-21(20-15-31-23-9-8-18(29)14-19(20)23)25(35)33-12-10-28(11-13-33)17-34(39(3,37)38)24-7-5-4-6-22(24)28/h4-9,14-15,21,31H,10-13,16-17,30H2,1-3H3,(H,32,36)/t21-/m0/s1. The number of anilines is 1. The van der Waals surface area contributed by atoms with Crippen LogP contribution in [0.1, 0.15) is 43.7 Å². The number of benzene rings is 2. The molecule has 2 aromatic carbocycles. The van der Waals surface area contributed by atoms with Gasteiger partial charge < -0.3 is 20.9 Å². The van der Waals surface area contributed by atoms with Crippen molar-refractivity contribution >= 4 is 38.4 Å². The van der Waals surface area contributed by atoms with Crippen molar-refractivity contribution in [1.29, 1.82) is 0 Å². The maximum absolute atomic E-state index is 14.1. The fourth-order valence-corrected chi connectivity index (χ4v) is 6.84. The molecule has 2 amide bonds. The number of nitrogens with two attached hydrogens (primary N) is 1. The Bertz CT molecular complexity index is 1540. The molecule has 3 aromatic rings. The zero-order valence-corrected chi connectivity index (χ0v) is 23.1. The molecule has 1 atom stereocenters. The Morgan fingerprint density at radius 2 is 1.87 bits per heavy atom. The van der Waals surface area contributed by atoms with Crippen LogP contribution in [-0.2, 0) is 25.0 Å². The molecule has 0 bridgehead atoms. The first-order chi connectivity index (χ1) is 18.3. The van der Waals surface area contributed by atoms with Crippen LogP contribution in [0.25, 0.3) is 10.9 Å². The highest BCUT2D eigenvalue weighted by Gasteiger charge is 2.48. The number of nitrogens with one attached hydrogen (secondary N) is 2. The number of rotatable bonds is 6. The van der Waals surface area contributed by atoms with Gasteiger partial charge in [-0.3, -0.25) is 13.9 Å². The predicted octanol–water partition coefficient (Wildman–Crippen LogP) is 2.58. The van der Waals surface area contributed by atoms with E-state index in [1.54, 1.807) is 31.0 Å². The number of carbonyl (C=O) groups excluding carboxylic acids is 2. The van der Waals surface area contributed by atoms with Crippen LogP contribution < -0.4 is 15.4 Å². The molecule has 208 valence electrons. The molecule has 1 saturated heterocycles. The minimum atomic E-state index is -3.45. The molecule has 1 fully saturated rings. The predicted molar refractivity (Wildman–Crippen MR) is 148 cm³/mol.